The largest absolute Gasteiger partial charge is 0.508 e. The number of rotatable bonds is 2. The third-order valence-electron chi connectivity index (χ3n) is 3.18. The average Bonchev–Trinajstić information content (AvgIpc) is 2.33. The standard InChI is InChI=1S/C16H16O5/c1-8-4-12(18)10(3)14(5-8)21-16(20)15-9(2)6-11(17)7-13(15)19/h4-7,17-19H,1-3H3. The monoisotopic (exact) mass is 288 g/mol. The molecule has 0 radical (unpaired) electrons. The summed E-state index contributed by atoms with van der Waals surface area (Å²) in [4.78, 5) is 12.2. The van der Waals surface area contributed by atoms with Gasteiger partial charge in [-0.2, -0.15) is 0 Å². The molecular weight excluding hydrogens is 272 g/mol. The third kappa shape index (κ3) is 2.91. The Hall–Kier alpha value is -2.69. The minimum absolute atomic E-state index is 0.0202. The number of ether oxygens (including phenoxy) is 1. The van der Waals surface area contributed by atoms with Crippen LogP contribution in [0.2, 0.25) is 0 Å². The number of hydrogen-bond donors (Lipinski definition) is 3. The second-order valence-corrected chi connectivity index (χ2v) is 4.95. The van der Waals surface area contributed by atoms with Crippen molar-refractivity contribution in [1.82, 2.24) is 0 Å². The van der Waals surface area contributed by atoms with Gasteiger partial charge in [-0.05, 0) is 50.1 Å². The molecule has 110 valence electrons. The Kier molecular flexibility index (Phi) is 3.76. The van der Waals surface area contributed by atoms with Gasteiger partial charge in [0, 0.05) is 11.6 Å². The van der Waals surface area contributed by atoms with Crippen molar-refractivity contribution in [2.24, 2.45) is 0 Å². The van der Waals surface area contributed by atoms with Crippen molar-refractivity contribution in [3.8, 4) is 23.0 Å². The highest BCUT2D eigenvalue weighted by Crippen LogP contribution is 2.31. The van der Waals surface area contributed by atoms with Crippen LogP contribution >= 0.6 is 0 Å². The van der Waals surface area contributed by atoms with Gasteiger partial charge in [0.1, 0.15) is 28.6 Å². The summed E-state index contributed by atoms with van der Waals surface area (Å²) >= 11 is 0. The molecule has 0 saturated carbocycles. The summed E-state index contributed by atoms with van der Waals surface area (Å²) in [5.41, 5.74) is 1.55. The van der Waals surface area contributed by atoms with E-state index in [1.54, 1.807) is 32.9 Å². The van der Waals surface area contributed by atoms with Crippen LogP contribution in [-0.4, -0.2) is 21.3 Å². The van der Waals surface area contributed by atoms with Crippen molar-refractivity contribution >= 4 is 5.97 Å². The molecule has 0 bridgehead atoms. The van der Waals surface area contributed by atoms with Gasteiger partial charge in [0.15, 0.2) is 0 Å². The first-order chi connectivity index (χ1) is 9.79. The Morgan fingerprint density at radius 3 is 2.24 bits per heavy atom. The number of esters is 1. The van der Waals surface area contributed by atoms with E-state index in [0.29, 0.717) is 11.1 Å². The summed E-state index contributed by atoms with van der Waals surface area (Å²) in [5, 5.41) is 28.9. The highest BCUT2D eigenvalue weighted by atomic mass is 16.5. The van der Waals surface area contributed by atoms with Crippen molar-refractivity contribution in [3.63, 3.8) is 0 Å². The fourth-order valence-electron chi connectivity index (χ4n) is 2.08. The normalized spacial score (nSPS) is 10.4. The number of carbonyl (C=O) groups is 1. The van der Waals surface area contributed by atoms with Crippen LogP contribution in [-0.2, 0) is 0 Å². The summed E-state index contributed by atoms with van der Waals surface area (Å²) in [6.45, 7) is 4.97. The number of phenolic OH excluding ortho intramolecular Hbond substituents is 3. The smallest absolute Gasteiger partial charge is 0.347 e. The van der Waals surface area contributed by atoms with Crippen LogP contribution in [0, 0.1) is 20.8 Å². The summed E-state index contributed by atoms with van der Waals surface area (Å²) in [7, 11) is 0. The molecule has 0 heterocycles. The molecule has 0 unspecified atom stereocenters. The number of hydrogen-bond acceptors (Lipinski definition) is 5. The molecule has 0 aliphatic carbocycles. The molecule has 2 aromatic carbocycles. The summed E-state index contributed by atoms with van der Waals surface area (Å²) < 4.78 is 5.25. The van der Waals surface area contributed by atoms with Gasteiger partial charge in [-0.3, -0.25) is 0 Å². The molecule has 0 saturated heterocycles. The van der Waals surface area contributed by atoms with Crippen molar-refractivity contribution in [1.29, 1.82) is 0 Å². The fourth-order valence-corrected chi connectivity index (χ4v) is 2.08. The molecular formula is C16H16O5. The Labute approximate surface area is 122 Å². The minimum atomic E-state index is -0.752. The van der Waals surface area contributed by atoms with E-state index in [2.05, 4.69) is 0 Å². The number of carbonyl (C=O) groups excluding carboxylic acids is 1. The summed E-state index contributed by atoms with van der Waals surface area (Å²) in [5.74, 6) is -0.982. The van der Waals surface area contributed by atoms with Crippen molar-refractivity contribution in [2.45, 2.75) is 20.8 Å². The predicted octanol–water partition coefficient (Wildman–Crippen LogP) is 2.95. The lowest BCUT2D eigenvalue weighted by Crippen LogP contribution is -2.11. The lowest BCUT2D eigenvalue weighted by Gasteiger charge is -2.12. The van der Waals surface area contributed by atoms with Crippen LogP contribution in [0.1, 0.15) is 27.0 Å². The van der Waals surface area contributed by atoms with Gasteiger partial charge in [-0.25, -0.2) is 4.79 Å². The van der Waals surface area contributed by atoms with E-state index in [9.17, 15) is 20.1 Å². The van der Waals surface area contributed by atoms with Crippen LogP contribution in [0.25, 0.3) is 0 Å². The van der Waals surface area contributed by atoms with E-state index in [4.69, 9.17) is 4.74 Å². The van der Waals surface area contributed by atoms with E-state index in [0.717, 1.165) is 11.6 Å². The minimum Gasteiger partial charge on any atom is -0.508 e. The SMILES string of the molecule is Cc1cc(O)c(C)c(OC(=O)c2c(C)cc(O)cc2O)c1. The number of aryl methyl sites for hydroxylation is 2. The molecule has 0 spiro atoms. The zero-order chi connectivity index (χ0) is 15.7. The molecule has 21 heavy (non-hydrogen) atoms. The first kappa shape index (κ1) is 14.7. The molecule has 2 rings (SSSR count). The van der Waals surface area contributed by atoms with Gasteiger partial charge in [0.25, 0.3) is 0 Å². The zero-order valence-corrected chi connectivity index (χ0v) is 12.0. The molecule has 0 fully saturated rings. The quantitative estimate of drug-likeness (QED) is 0.584. The fraction of sp³-hybridized carbons (Fsp3) is 0.188. The Morgan fingerprint density at radius 1 is 0.952 bits per heavy atom. The Morgan fingerprint density at radius 2 is 1.62 bits per heavy atom. The van der Waals surface area contributed by atoms with Crippen molar-refractivity contribution < 1.29 is 24.9 Å². The molecule has 0 aliphatic heterocycles. The average molecular weight is 288 g/mol. The van der Waals surface area contributed by atoms with Gasteiger partial charge in [0.05, 0.1) is 0 Å². The maximum atomic E-state index is 12.2. The van der Waals surface area contributed by atoms with E-state index in [-0.39, 0.29) is 28.6 Å². The van der Waals surface area contributed by atoms with Crippen molar-refractivity contribution in [3.05, 3.63) is 46.5 Å². The second kappa shape index (κ2) is 5.36. The molecule has 0 atom stereocenters. The molecule has 3 N–H and O–H groups in total. The third-order valence-corrected chi connectivity index (χ3v) is 3.18. The highest BCUT2D eigenvalue weighted by molar-refractivity contribution is 5.95. The van der Waals surface area contributed by atoms with Gasteiger partial charge >= 0.3 is 5.97 Å². The molecule has 0 aromatic heterocycles. The summed E-state index contributed by atoms with van der Waals surface area (Å²) in [6, 6.07) is 5.62. The van der Waals surface area contributed by atoms with Gasteiger partial charge in [-0.1, -0.05) is 0 Å². The number of phenols is 3. The first-order valence-corrected chi connectivity index (χ1v) is 6.34. The van der Waals surface area contributed by atoms with Gasteiger partial charge in [-0.15, -0.1) is 0 Å². The lowest BCUT2D eigenvalue weighted by atomic mass is 10.1. The first-order valence-electron chi connectivity index (χ1n) is 6.34. The van der Waals surface area contributed by atoms with Crippen LogP contribution in [0.5, 0.6) is 23.0 Å². The number of aromatic hydroxyl groups is 3. The number of benzene rings is 2. The maximum Gasteiger partial charge on any atom is 0.347 e. The van der Waals surface area contributed by atoms with Gasteiger partial charge < -0.3 is 20.1 Å². The predicted molar refractivity (Wildman–Crippen MR) is 77.0 cm³/mol. The van der Waals surface area contributed by atoms with Crippen LogP contribution < -0.4 is 4.74 Å². The van der Waals surface area contributed by atoms with E-state index in [1.807, 2.05) is 0 Å². The second-order valence-electron chi connectivity index (χ2n) is 4.95. The lowest BCUT2D eigenvalue weighted by molar-refractivity contribution is 0.0729. The van der Waals surface area contributed by atoms with Crippen LogP contribution in [0.4, 0.5) is 0 Å². The zero-order valence-electron chi connectivity index (χ0n) is 12.0. The topological polar surface area (TPSA) is 87.0 Å². The van der Waals surface area contributed by atoms with E-state index >= 15 is 0 Å². The summed E-state index contributed by atoms with van der Waals surface area (Å²) in [6.07, 6.45) is 0. The van der Waals surface area contributed by atoms with Crippen LogP contribution in [0.3, 0.4) is 0 Å². The molecule has 5 heteroatoms. The molecule has 0 aliphatic rings. The highest BCUT2D eigenvalue weighted by Gasteiger charge is 2.19. The Bertz CT molecular complexity index is 696. The van der Waals surface area contributed by atoms with Crippen LogP contribution in [0.15, 0.2) is 24.3 Å². The maximum absolute atomic E-state index is 12.2. The van der Waals surface area contributed by atoms with Gasteiger partial charge in [0.2, 0.25) is 0 Å². The molecule has 2 aromatic rings. The van der Waals surface area contributed by atoms with E-state index < -0.39 is 5.97 Å². The molecule has 0 amide bonds. The Balaban J connectivity index is 2.40. The molecule has 5 nitrogen and oxygen atoms in total. The van der Waals surface area contributed by atoms with E-state index in [1.165, 1.54) is 6.07 Å². The van der Waals surface area contributed by atoms with Crippen molar-refractivity contribution in [2.75, 3.05) is 0 Å².